The first-order valence-corrected chi connectivity index (χ1v) is 11.3. The van der Waals surface area contributed by atoms with E-state index >= 15 is 0 Å². The average Bonchev–Trinajstić information content (AvgIpc) is 3.18. The van der Waals surface area contributed by atoms with Crippen molar-refractivity contribution in [2.75, 3.05) is 11.4 Å². The van der Waals surface area contributed by atoms with Crippen LogP contribution in [0.5, 0.6) is 0 Å². The number of aromatic nitrogens is 2. The highest BCUT2D eigenvalue weighted by Gasteiger charge is 2.20. The lowest BCUT2D eigenvalue weighted by Crippen LogP contribution is -2.33. The number of anilines is 1. The van der Waals surface area contributed by atoms with Gasteiger partial charge in [0.25, 0.3) is 5.91 Å². The molecule has 4 aromatic rings. The molecule has 2 aromatic carbocycles. The predicted octanol–water partition coefficient (Wildman–Crippen LogP) is 4.26. The molecule has 0 fully saturated rings. The van der Waals surface area contributed by atoms with E-state index in [1.54, 1.807) is 24.3 Å². The Morgan fingerprint density at radius 2 is 1.72 bits per heavy atom. The van der Waals surface area contributed by atoms with E-state index in [1.165, 1.54) is 4.90 Å². The van der Waals surface area contributed by atoms with Crippen molar-refractivity contribution < 1.29 is 14.7 Å². The number of amides is 1. The maximum Gasteiger partial charge on any atom is 0.305 e. The van der Waals surface area contributed by atoms with Gasteiger partial charge in [-0.3, -0.25) is 15.0 Å². The van der Waals surface area contributed by atoms with Crippen LogP contribution in [0.15, 0.2) is 72.9 Å². The number of nitrogens with zero attached hydrogens (tertiary/aromatic N) is 3. The fourth-order valence-electron chi connectivity index (χ4n) is 4.02. The number of benzene rings is 2. The van der Waals surface area contributed by atoms with Crippen LogP contribution >= 0.6 is 12.4 Å². The topological polar surface area (TPSA) is 125 Å². The number of fused-ring (bicyclic) bond motifs is 1. The Labute approximate surface area is 215 Å². The minimum absolute atomic E-state index is 0. The molecule has 2 aromatic heterocycles. The number of para-hydroxylation sites is 1. The number of amidine groups is 1. The first-order valence-electron chi connectivity index (χ1n) is 11.3. The maximum absolute atomic E-state index is 13.4. The lowest BCUT2D eigenvalue weighted by molar-refractivity contribution is -0.136. The van der Waals surface area contributed by atoms with Crippen LogP contribution in [0, 0.1) is 12.3 Å². The zero-order valence-corrected chi connectivity index (χ0v) is 20.7. The molecule has 0 spiro atoms. The van der Waals surface area contributed by atoms with Crippen molar-refractivity contribution in [3.8, 4) is 0 Å². The van der Waals surface area contributed by atoms with Crippen LogP contribution in [0.4, 0.5) is 5.69 Å². The van der Waals surface area contributed by atoms with Gasteiger partial charge in [0.15, 0.2) is 0 Å². The number of imidazole rings is 1. The highest BCUT2D eigenvalue weighted by atomic mass is 35.5. The van der Waals surface area contributed by atoms with Crippen LogP contribution in [0.3, 0.4) is 0 Å². The lowest BCUT2D eigenvalue weighted by Gasteiger charge is -2.22. The van der Waals surface area contributed by atoms with E-state index in [2.05, 4.69) is 0 Å². The van der Waals surface area contributed by atoms with E-state index in [0.29, 0.717) is 22.5 Å². The number of carbonyl (C=O) groups excluding carboxylic acids is 1. The van der Waals surface area contributed by atoms with Crippen molar-refractivity contribution in [2.45, 2.75) is 26.2 Å². The second-order valence-electron chi connectivity index (χ2n) is 8.33. The van der Waals surface area contributed by atoms with E-state index < -0.39 is 5.97 Å². The molecule has 36 heavy (non-hydrogen) atoms. The summed E-state index contributed by atoms with van der Waals surface area (Å²) in [7, 11) is 0. The summed E-state index contributed by atoms with van der Waals surface area (Å²) in [5.41, 5.74) is 11.1. The fraction of sp³-hybridized carbons (Fsp3) is 0.185. The summed E-state index contributed by atoms with van der Waals surface area (Å²) < 4.78 is 1.95. The van der Waals surface area contributed by atoms with Crippen LogP contribution in [0.25, 0.3) is 5.65 Å². The summed E-state index contributed by atoms with van der Waals surface area (Å²) in [5.74, 6) is -1.18. The zero-order valence-electron chi connectivity index (χ0n) is 19.8. The number of carboxylic acids is 1. The van der Waals surface area contributed by atoms with E-state index in [0.717, 1.165) is 29.8 Å². The van der Waals surface area contributed by atoms with Gasteiger partial charge in [0.1, 0.15) is 11.5 Å². The Kier molecular flexibility index (Phi) is 8.45. The van der Waals surface area contributed by atoms with Crippen LogP contribution in [-0.4, -0.2) is 38.7 Å². The first kappa shape index (κ1) is 26.4. The molecule has 186 valence electrons. The summed E-state index contributed by atoms with van der Waals surface area (Å²) >= 11 is 0. The molecule has 0 aliphatic rings. The molecule has 0 aliphatic heterocycles. The van der Waals surface area contributed by atoms with E-state index in [9.17, 15) is 9.59 Å². The second-order valence-corrected chi connectivity index (χ2v) is 8.33. The molecule has 0 saturated carbocycles. The number of nitrogens with two attached hydrogens (primary N) is 1. The summed E-state index contributed by atoms with van der Waals surface area (Å²) in [4.78, 5) is 30.8. The van der Waals surface area contributed by atoms with E-state index in [-0.39, 0.29) is 37.1 Å². The lowest BCUT2D eigenvalue weighted by atomic mass is 10.1. The molecule has 2 heterocycles. The molecular weight excluding hydrogens is 478 g/mol. The largest absolute Gasteiger partial charge is 0.481 e. The Bertz CT molecular complexity index is 1380. The molecule has 0 bridgehead atoms. The number of hydrogen-bond donors (Lipinski definition) is 3. The van der Waals surface area contributed by atoms with Crippen LogP contribution in [-0.2, 0) is 17.6 Å². The predicted molar refractivity (Wildman–Crippen MR) is 142 cm³/mol. The molecule has 0 aliphatic carbocycles. The molecule has 8 nitrogen and oxygen atoms in total. The summed E-state index contributed by atoms with van der Waals surface area (Å²) in [6.07, 6.45) is 3.19. The number of rotatable bonds is 9. The Morgan fingerprint density at radius 1 is 1.03 bits per heavy atom. The SMILES string of the molecule is Cc1c(CCc2ccc(C(=N)N)cc2)nc2cc(C(=O)N(CCC(=O)O)c3ccccc3)ccn12.Cl. The molecule has 0 saturated heterocycles. The number of carboxylic acid groups (broad SMARTS) is 1. The number of hydrogen-bond acceptors (Lipinski definition) is 4. The van der Waals surface area contributed by atoms with Gasteiger partial charge >= 0.3 is 5.97 Å². The average molecular weight is 506 g/mol. The maximum atomic E-state index is 13.4. The van der Waals surface area contributed by atoms with Crippen molar-refractivity contribution in [3.63, 3.8) is 0 Å². The first-order chi connectivity index (χ1) is 16.8. The number of nitrogen functional groups attached to an aromatic ring is 1. The van der Waals surface area contributed by atoms with Crippen LogP contribution in [0.1, 0.15) is 39.3 Å². The highest BCUT2D eigenvalue weighted by Crippen LogP contribution is 2.20. The van der Waals surface area contributed by atoms with Gasteiger partial charge in [0.05, 0.1) is 12.1 Å². The number of aliphatic carboxylic acids is 1. The van der Waals surface area contributed by atoms with Crippen molar-refractivity contribution in [1.29, 1.82) is 5.41 Å². The summed E-state index contributed by atoms with van der Waals surface area (Å²) in [6.45, 7) is 2.07. The third-order valence-corrected chi connectivity index (χ3v) is 5.99. The van der Waals surface area contributed by atoms with Crippen molar-refractivity contribution in [3.05, 3.63) is 101 Å². The van der Waals surface area contributed by atoms with Gasteiger partial charge in [0, 0.05) is 35.2 Å². The number of aryl methyl sites for hydroxylation is 3. The van der Waals surface area contributed by atoms with Gasteiger partial charge < -0.3 is 20.1 Å². The molecule has 0 radical (unpaired) electrons. The van der Waals surface area contributed by atoms with Gasteiger partial charge in [-0.05, 0) is 49.6 Å². The minimum Gasteiger partial charge on any atom is -0.481 e. The fourth-order valence-corrected chi connectivity index (χ4v) is 4.02. The monoisotopic (exact) mass is 505 g/mol. The van der Waals surface area contributed by atoms with Crippen molar-refractivity contribution in [1.82, 2.24) is 9.38 Å². The second kappa shape index (κ2) is 11.5. The summed E-state index contributed by atoms with van der Waals surface area (Å²) in [5, 5.41) is 16.6. The number of pyridine rings is 1. The van der Waals surface area contributed by atoms with Crippen LogP contribution in [0.2, 0.25) is 0 Å². The molecule has 4 N–H and O–H groups in total. The van der Waals surface area contributed by atoms with Crippen molar-refractivity contribution >= 4 is 41.5 Å². The quantitative estimate of drug-likeness (QED) is 0.231. The van der Waals surface area contributed by atoms with Gasteiger partial charge in [-0.1, -0.05) is 42.5 Å². The molecular formula is C27H28ClN5O3. The van der Waals surface area contributed by atoms with E-state index in [1.807, 2.05) is 60.0 Å². The summed E-state index contributed by atoms with van der Waals surface area (Å²) in [6, 6.07) is 20.2. The molecule has 1 amide bonds. The van der Waals surface area contributed by atoms with Crippen LogP contribution < -0.4 is 10.6 Å². The van der Waals surface area contributed by atoms with Gasteiger partial charge in [0.2, 0.25) is 0 Å². The number of carbonyl (C=O) groups is 2. The Hall–Kier alpha value is -4.17. The minimum atomic E-state index is -0.960. The Balaban J connectivity index is 0.00000361. The van der Waals surface area contributed by atoms with Gasteiger partial charge in [-0.25, -0.2) is 4.98 Å². The normalized spacial score (nSPS) is 10.6. The molecule has 0 unspecified atom stereocenters. The third-order valence-electron chi connectivity index (χ3n) is 5.99. The highest BCUT2D eigenvalue weighted by molar-refractivity contribution is 6.06. The van der Waals surface area contributed by atoms with E-state index in [4.69, 9.17) is 21.2 Å². The smallest absolute Gasteiger partial charge is 0.305 e. The van der Waals surface area contributed by atoms with Crippen molar-refractivity contribution in [2.24, 2.45) is 5.73 Å². The van der Waals surface area contributed by atoms with Gasteiger partial charge in [-0.15, -0.1) is 12.4 Å². The zero-order chi connectivity index (χ0) is 24.9. The molecule has 0 atom stereocenters. The van der Waals surface area contributed by atoms with Gasteiger partial charge in [-0.2, -0.15) is 0 Å². The number of nitrogens with one attached hydrogen (secondary N) is 1. The molecule has 9 heteroatoms. The molecule has 4 rings (SSSR count). The standard InChI is InChI=1S/C27H27N5O3.ClH/c1-18-23(12-9-19-7-10-20(11-8-19)26(28)29)30-24-17-21(13-15-31(18)24)27(35)32(16-14-25(33)34)22-5-3-2-4-6-22;/h2-8,10-11,13,15,17H,9,12,14,16H2,1H3,(H3,28,29)(H,33,34);1H. The Morgan fingerprint density at radius 3 is 2.36 bits per heavy atom. The number of halogens is 1. The third kappa shape index (κ3) is 5.90.